The molecule has 1 radical (unpaired) electrons. The maximum absolute atomic E-state index is 9.93. The lowest BCUT2D eigenvalue weighted by Crippen LogP contribution is -2.18. The van der Waals surface area contributed by atoms with Crippen molar-refractivity contribution in [1.29, 1.82) is 0 Å². The third-order valence-corrected chi connectivity index (χ3v) is 1.12. The third-order valence-electron chi connectivity index (χ3n) is 0.764. The Morgan fingerprint density at radius 1 is 1.88 bits per heavy atom. The van der Waals surface area contributed by atoms with E-state index in [1.165, 1.54) is 6.92 Å². The second kappa shape index (κ2) is 2.61. The van der Waals surface area contributed by atoms with E-state index < -0.39 is 11.9 Å². The highest BCUT2D eigenvalue weighted by Gasteiger charge is 2.12. The molecule has 0 aliphatic carbocycles. The van der Waals surface area contributed by atoms with Gasteiger partial charge in [0.25, 0.3) is 0 Å². The van der Waals surface area contributed by atoms with Gasteiger partial charge >= 0.3 is 5.97 Å². The fourth-order valence-corrected chi connectivity index (χ4v) is 0.213. The van der Waals surface area contributed by atoms with E-state index in [2.05, 4.69) is 12.2 Å². The normalized spacial score (nSPS) is 12.6. The predicted molar refractivity (Wildman–Crippen MR) is 32.5 cm³/mol. The molecule has 0 aromatic heterocycles. The average Bonchev–Trinajstić information content (AvgIpc) is 1.64. The fraction of sp³-hybridized carbons (Fsp3) is 0.500. The molecular weight excluding hydrogens is 126 g/mol. The number of rotatable bonds is 2. The van der Waals surface area contributed by atoms with E-state index in [1.807, 2.05) is 0 Å². The molecule has 0 heterocycles. The summed E-state index contributed by atoms with van der Waals surface area (Å²) >= 11 is 4.28. The van der Waals surface area contributed by atoms with E-state index in [0.29, 0.717) is 0 Å². The molecule has 0 saturated heterocycles. The van der Waals surface area contributed by atoms with E-state index in [9.17, 15) is 4.79 Å². The number of hydrogen-bond donors (Lipinski definition) is 1. The van der Waals surface area contributed by atoms with Crippen LogP contribution in [-0.2, 0) is 4.79 Å². The quantitative estimate of drug-likeness (QED) is 0.550. The number of carbonyl (C=O) groups is 1. The molecule has 0 aliphatic rings. The first-order valence-electron chi connectivity index (χ1n) is 2.04. The van der Waals surface area contributed by atoms with E-state index in [-0.39, 0.29) is 4.99 Å². The van der Waals surface area contributed by atoms with Crippen LogP contribution >= 0.6 is 12.2 Å². The Labute approximate surface area is 52.5 Å². The van der Waals surface area contributed by atoms with Gasteiger partial charge in [0.1, 0.15) is 10.9 Å². The molecule has 0 aromatic carbocycles. The summed E-state index contributed by atoms with van der Waals surface area (Å²) in [5, 5.41) is 8.14. The van der Waals surface area contributed by atoms with Crippen molar-refractivity contribution in [2.24, 2.45) is 5.92 Å². The van der Waals surface area contributed by atoms with Gasteiger partial charge in [-0.05, 0) is 6.92 Å². The molecule has 0 aromatic rings. The fourth-order valence-electron chi connectivity index (χ4n) is 0.112. The largest absolute Gasteiger partial charge is 0.481 e. The molecule has 4 heteroatoms. The number of carboxylic acids is 1. The molecule has 0 aliphatic heterocycles. The minimum atomic E-state index is -1.04. The molecule has 8 heavy (non-hydrogen) atoms. The zero-order valence-electron chi connectivity index (χ0n) is 4.34. The van der Waals surface area contributed by atoms with E-state index in [1.54, 1.807) is 0 Å². The SMILES string of the molecule is CC(C(=O)O)C([NH])=S. The second-order valence-corrected chi connectivity index (χ2v) is 1.86. The maximum Gasteiger partial charge on any atom is 0.313 e. The van der Waals surface area contributed by atoms with Crippen LogP contribution in [0.3, 0.4) is 0 Å². The first-order valence-corrected chi connectivity index (χ1v) is 2.44. The summed E-state index contributed by atoms with van der Waals surface area (Å²) in [6, 6.07) is 0. The van der Waals surface area contributed by atoms with Crippen LogP contribution in [0.25, 0.3) is 0 Å². The van der Waals surface area contributed by atoms with Crippen molar-refractivity contribution >= 4 is 23.2 Å². The van der Waals surface area contributed by atoms with Crippen molar-refractivity contribution in [3.05, 3.63) is 0 Å². The Morgan fingerprint density at radius 3 is 2.25 bits per heavy atom. The zero-order chi connectivity index (χ0) is 6.73. The lowest BCUT2D eigenvalue weighted by molar-refractivity contribution is -0.138. The van der Waals surface area contributed by atoms with Gasteiger partial charge in [0, 0.05) is 0 Å². The molecule has 45 valence electrons. The predicted octanol–water partition coefficient (Wildman–Crippen LogP) is 0.317. The van der Waals surface area contributed by atoms with Gasteiger partial charge in [-0.15, -0.1) is 0 Å². The van der Waals surface area contributed by atoms with Crippen molar-refractivity contribution in [3.63, 3.8) is 0 Å². The van der Waals surface area contributed by atoms with Crippen LogP contribution in [-0.4, -0.2) is 16.1 Å². The summed E-state index contributed by atoms with van der Waals surface area (Å²) < 4.78 is 0. The number of carboxylic acid groups (broad SMARTS) is 1. The van der Waals surface area contributed by atoms with Gasteiger partial charge < -0.3 is 5.11 Å². The molecule has 1 atom stereocenters. The highest BCUT2D eigenvalue weighted by atomic mass is 32.1. The molecule has 0 rings (SSSR count). The Balaban J connectivity index is 3.83. The van der Waals surface area contributed by atoms with E-state index >= 15 is 0 Å². The average molecular weight is 132 g/mol. The van der Waals surface area contributed by atoms with E-state index in [4.69, 9.17) is 10.8 Å². The Hall–Kier alpha value is -0.640. The van der Waals surface area contributed by atoms with Crippen LogP contribution < -0.4 is 5.73 Å². The third kappa shape index (κ3) is 1.88. The van der Waals surface area contributed by atoms with Gasteiger partial charge in [-0.2, -0.15) is 0 Å². The summed E-state index contributed by atoms with van der Waals surface area (Å²) in [4.78, 5) is 9.71. The van der Waals surface area contributed by atoms with Crippen molar-refractivity contribution in [3.8, 4) is 0 Å². The summed E-state index contributed by atoms with van der Waals surface area (Å²) in [5.41, 5.74) is 6.66. The van der Waals surface area contributed by atoms with Crippen LogP contribution in [0.15, 0.2) is 0 Å². The zero-order valence-corrected chi connectivity index (χ0v) is 5.16. The minimum Gasteiger partial charge on any atom is -0.481 e. The van der Waals surface area contributed by atoms with Gasteiger partial charge in [0.15, 0.2) is 0 Å². The first kappa shape index (κ1) is 7.36. The lowest BCUT2D eigenvalue weighted by Gasteiger charge is -1.98. The molecule has 0 fully saturated rings. The smallest absolute Gasteiger partial charge is 0.313 e. The number of hydrogen-bond acceptors (Lipinski definition) is 2. The maximum atomic E-state index is 9.93. The first-order chi connectivity index (χ1) is 3.55. The lowest BCUT2D eigenvalue weighted by atomic mass is 10.2. The second-order valence-electron chi connectivity index (χ2n) is 1.42. The highest BCUT2D eigenvalue weighted by Crippen LogP contribution is 1.93. The Kier molecular flexibility index (Phi) is 2.41. The summed E-state index contributed by atoms with van der Waals surface area (Å²) in [5.74, 6) is -1.85. The van der Waals surface area contributed by atoms with Gasteiger partial charge in [-0.25, -0.2) is 0 Å². The van der Waals surface area contributed by atoms with Gasteiger partial charge in [0.05, 0.1) is 0 Å². The number of thiocarbonyl (C=S) groups is 1. The molecule has 0 bridgehead atoms. The van der Waals surface area contributed by atoms with Crippen molar-refractivity contribution in [1.82, 2.24) is 5.73 Å². The Bertz CT molecular complexity index is 109. The summed E-state index contributed by atoms with van der Waals surface area (Å²) in [6.45, 7) is 1.39. The van der Waals surface area contributed by atoms with Gasteiger partial charge in [0.2, 0.25) is 0 Å². The molecule has 3 nitrogen and oxygen atoms in total. The molecule has 0 amide bonds. The van der Waals surface area contributed by atoms with Gasteiger partial charge in [-0.1, -0.05) is 12.2 Å². The molecule has 2 N–H and O–H groups in total. The van der Waals surface area contributed by atoms with Crippen LogP contribution in [0, 0.1) is 5.92 Å². The van der Waals surface area contributed by atoms with Crippen LogP contribution in [0.2, 0.25) is 0 Å². The van der Waals surface area contributed by atoms with Crippen molar-refractivity contribution in [2.75, 3.05) is 0 Å². The van der Waals surface area contributed by atoms with E-state index in [0.717, 1.165) is 0 Å². The monoisotopic (exact) mass is 132 g/mol. The highest BCUT2D eigenvalue weighted by molar-refractivity contribution is 7.80. The van der Waals surface area contributed by atoms with Crippen LogP contribution in [0.4, 0.5) is 0 Å². The minimum absolute atomic E-state index is 0.225. The van der Waals surface area contributed by atoms with Crippen molar-refractivity contribution in [2.45, 2.75) is 6.92 Å². The Morgan fingerprint density at radius 2 is 2.25 bits per heavy atom. The topological polar surface area (TPSA) is 61.1 Å². The molecule has 0 saturated carbocycles. The summed E-state index contributed by atoms with van der Waals surface area (Å²) in [6.07, 6.45) is 0. The molecule has 1 unspecified atom stereocenters. The molecular formula is C4H6NO2S. The summed E-state index contributed by atoms with van der Waals surface area (Å²) in [7, 11) is 0. The van der Waals surface area contributed by atoms with Gasteiger partial charge in [-0.3, -0.25) is 10.5 Å². The molecule has 0 spiro atoms. The standard InChI is InChI=1S/C4H6NO2S/c1-2(3(5)8)4(6)7/h2,5H,1H3,(H,6,7). The number of nitrogens with one attached hydrogen (secondary N) is 1. The number of aliphatic carboxylic acids is 1. The van der Waals surface area contributed by atoms with Crippen LogP contribution in [0.1, 0.15) is 6.92 Å². The van der Waals surface area contributed by atoms with Crippen molar-refractivity contribution < 1.29 is 9.90 Å². The van der Waals surface area contributed by atoms with Crippen LogP contribution in [0.5, 0.6) is 0 Å².